The van der Waals surface area contributed by atoms with E-state index in [1.54, 1.807) is 11.0 Å². The second-order valence-electron chi connectivity index (χ2n) is 6.66. The topological polar surface area (TPSA) is 70.0 Å². The lowest BCUT2D eigenvalue weighted by Crippen LogP contribution is -2.46. The average molecular weight is 361 g/mol. The van der Waals surface area contributed by atoms with Gasteiger partial charge in [-0.05, 0) is 39.2 Å². The molecule has 0 saturated carbocycles. The molecular weight excluding hydrogens is 338 g/mol. The van der Waals surface area contributed by atoms with Gasteiger partial charge in [-0.25, -0.2) is 4.31 Å². The lowest BCUT2D eigenvalue weighted by Gasteiger charge is -2.36. The summed E-state index contributed by atoms with van der Waals surface area (Å²) in [5, 5.41) is 0. The van der Waals surface area contributed by atoms with Gasteiger partial charge in [-0.2, -0.15) is 8.42 Å². The van der Waals surface area contributed by atoms with Crippen LogP contribution in [-0.2, 0) is 15.0 Å². The van der Waals surface area contributed by atoms with Gasteiger partial charge in [0, 0.05) is 25.2 Å². The van der Waals surface area contributed by atoms with E-state index in [0.29, 0.717) is 17.8 Å². The highest BCUT2D eigenvalue weighted by Crippen LogP contribution is 2.25. The van der Waals surface area contributed by atoms with Crippen molar-refractivity contribution in [1.82, 2.24) is 9.21 Å². The van der Waals surface area contributed by atoms with Gasteiger partial charge in [0.15, 0.2) is 0 Å². The SMILES string of the molecule is Cc1ccc(C2=NS(=O)(=O)N(C)C(C(=O)N3CCCCC3C)=C2)cc1. The van der Waals surface area contributed by atoms with Crippen molar-refractivity contribution >= 4 is 21.8 Å². The number of rotatable bonds is 2. The lowest BCUT2D eigenvalue weighted by molar-refractivity contribution is -0.131. The van der Waals surface area contributed by atoms with E-state index < -0.39 is 10.2 Å². The van der Waals surface area contributed by atoms with Crippen molar-refractivity contribution in [2.45, 2.75) is 39.2 Å². The molecule has 1 aromatic carbocycles. The monoisotopic (exact) mass is 361 g/mol. The Kier molecular flexibility index (Phi) is 4.69. The number of amides is 1. The molecule has 1 atom stereocenters. The summed E-state index contributed by atoms with van der Waals surface area (Å²) in [4.78, 5) is 14.8. The highest BCUT2D eigenvalue weighted by molar-refractivity contribution is 7.88. The summed E-state index contributed by atoms with van der Waals surface area (Å²) in [6, 6.07) is 7.53. The molecule has 0 spiro atoms. The maximum absolute atomic E-state index is 13.0. The Labute approximate surface area is 149 Å². The van der Waals surface area contributed by atoms with E-state index in [4.69, 9.17) is 0 Å². The van der Waals surface area contributed by atoms with Crippen molar-refractivity contribution in [3.8, 4) is 0 Å². The molecule has 1 fully saturated rings. The molecule has 0 bridgehead atoms. The maximum Gasteiger partial charge on any atom is 0.345 e. The zero-order valence-electron chi connectivity index (χ0n) is 14.8. The number of piperidine rings is 1. The Bertz CT molecular complexity index is 841. The number of carbonyl (C=O) groups excluding carboxylic acids is 1. The van der Waals surface area contributed by atoms with Crippen LogP contribution in [0.3, 0.4) is 0 Å². The molecule has 1 unspecified atom stereocenters. The molecule has 1 amide bonds. The standard InChI is InChI=1S/C18H23N3O3S/c1-13-7-9-15(10-8-13)16-12-17(20(3)25(23,24)19-16)18(22)21-11-5-4-6-14(21)2/h7-10,12,14H,4-6,11H2,1-3H3. The van der Waals surface area contributed by atoms with Gasteiger partial charge in [-0.3, -0.25) is 4.79 Å². The molecule has 2 aliphatic rings. The van der Waals surface area contributed by atoms with Crippen molar-refractivity contribution < 1.29 is 13.2 Å². The van der Waals surface area contributed by atoms with Crippen LogP contribution in [0.15, 0.2) is 40.4 Å². The highest BCUT2D eigenvalue weighted by atomic mass is 32.2. The fourth-order valence-electron chi connectivity index (χ4n) is 3.16. The first-order valence-corrected chi connectivity index (χ1v) is 9.88. The summed E-state index contributed by atoms with van der Waals surface area (Å²) < 4.78 is 29.7. The van der Waals surface area contributed by atoms with Crippen molar-refractivity contribution in [3.05, 3.63) is 47.2 Å². The van der Waals surface area contributed by atoms with E-state index in [-0.39, 0.29) is 17.6 Å². The Morgan fingerprint density at radius 2 is 1.88 bits per heavy atom. The third kappa shape index (κ3) is 3.46. The molecule has 2 heterocycles. The van der Waals surface area contributed by atoms with Gasteiger partial charge in [-0.15, -0.1) is 4.40 Å². The normalized spacial score (nSPS) is 23.1. The van der Waals surface area contributed by atoms with Crippen LogP contribution >= 0.6 is 0 Å². The second kappa shape index (κ2) is 6.63. The zero-order valence-corrected chi connectivity index (χ0v) is 15.6. The molecule has 1 aromatic rings. The Hall–Kier alpha value is -2.15. The van der Waals surface area contributed by atoms with E-state index in [0.717, 1.165) is 29.1 Å². The van der Waals surface area contributed by atoms with Crippen LogP contribution in [0.2, 0.25) is 0 Å². The molecule has 25 heavy (non-hydrogen) atoms. The van der Waals surface area contributed by atoms with Gasteiger partial charge in [0.05, 0.1) is 5.71 Å². The van der Waals surface area contributed by atoms with Crippen molar-refractivity contribution in [3.63, 3.8) is 0 Å². The van der Waals surface area contributed by atoms with Crippen LogP contribution in [0, 0.1) is 6.92 Å². The smallest absolute Gasteiger partial charge is 0.335 e. The number of likely N-dealkylation sites (tertiary alicyclic amines) is 1. The largest absolute Gasteiger partial charge is 0.345 e. The van der Waals surface area contributed by atoms with Gasteiger partial charge in [0.2, 0.25) is 0 Å². The summed E-state index contributed by atoms with van der Waals surface area (Å²) in [6.07, 6.45) is 4.55. The molecule has 3 rings (SSSR count). The molecule has 0 aliphatic carbocycles. The molecule has 0 N–H and O–H groups in total. The fourth-order valence-corrected chi connectivity index (χ4v) is 4.07. The number of carbonyl (C=O) groups is 1. The summed E-state index contributed by atoms with van der Waals surface area (Å²) >= 11 is 0. The average Bonchev–Trinajstić information content (AvgIpc) is 2.57. The van der Waals surface area contributed by atoms with E-state index in [1.165, 1.54) is 7.05 Å². The zero-order chi connectivity index (χ0) is 18.2. The molecule has 7 heteroatoms. The van der Waals surface area contributed by atoms with Crippen LogP contribution in [0.5, 0.6) is 0 Å². The van der Waals surface area contributed by atoms with Crippen LogP contribution in [0.1, 0.15) is 37.3 Å². The number of likely N-dealkylation sites (N-methyl/N-ethyl adjacent to an activating group) is 1. The summed E-state index contributed by atoms with van der Waals surface area (Å²) in [5.41, 5.74) is 2.20. The lowest BCUT2D eigenvalue weighted by atomic mass is 10.0. The fraction of sp³-hybridized carbons (Fsp3) is 0.444. The van der Waals surface area contributed by atoms with Crippen LogP contribution in [-0.4, -0.2) is 48.9 Å². The number of hydrogen-bond donors (Lipinski definition) is 0. The molecular formula is C18H23N3O3S. The Balaban J connectivity index is 2.00. The number of nitrogens with zero attached hydrogens (tertiary/aromatic N) is 3. The van der Waals surface area contributed by atoms with Gasteiger partial charge in [-0.1, -0.05) is 29.8 Å². The summed E-state index contributed by atoms with van der Waals surface area (Å²) in [6.45, 7) is 4.62. The van der Waals surface area contributed by atoms with E-state index in [1.807, 2.05) is 38.1 Å². The van der Waals surface area contributed by atoms with Crippen LogP contribution in [0.25, 0.3) is 0 Å². The third-order valence-corrected chi connectivity index (χ3v) is 6.12. The minimum Gasteiger partial charge on any atom is -0.335 e. The quantitative estimate of drug-likeness (QED) is 0.811. The minimum atomic E-state index is -3.91. The number of hydrogen-bond acceptors (Lipinski definition) is 3. The van der Waals surface area contributed by atoms with E-state index in [9.17, 15) is 13.2 Å². The number of aryl methyl sites for hydroxylation is 1. The van der Waals surface area contributed by atoms with Gasteiger partial charge in [0.1, 0.15) is 5.70 Å². The molecule has 134 valence electrons. The van der Waals surface area contributed by atoms with E-state index in [2.05, 4.69) is 4.40 Å². The second-order valence-corrected chi connectivity index (χ2v) is 8.29. The molecule has 6 nitrogen and oxygen atoms in total. The predicted octanol–water partition coefficient (Wildman–Crippen LogP) is 2.26. The van der Waals surface area contributed by atoms with Crippen molar-refractivity contribution in [2.24, 2.45) is 4.40 Å². The maximum atomic E-state index is 13.0. The first kappa shape index (κ1) is 17.7. The number of allylic oxidation sites excluding steroid dienone is 1. The molecule has 0 aromatic heterocycles. The minimum absolute atomic E-state index is 0.111. The van der Waals surface area contributed by atoms with Crippen LogP contribution < -0.4 is 0 Å². The first-order chi connectivity index (χ1) is 11.8. The van der Waals surface area contributed by atoms with Crippen molar-refractivity contribution in [1.29, 1.82) is 0 Å². The van der Waals surface area contributed by atoms with E-state index >= 15 is 0 Å². The third-order valence-electron chi connectivity index (χ3n) is 4.80. The first-order valence-electron chi connectivity index (χ1n) is 8.48. The van der Waals surface area contributed by atoms with Crippen molar-refractivity contribution in [2.75, 3.05) is 13.6 Å². The highest BCUT2D eigenvalue weighted by Gasteiger charge is 2.34. The predicted molar refractivity (Wildman–Crippen MR) is 97.5 cm³/mol. The Morgan fingerprint density at radius 3 is 2.52 bits per heavy atom. The molecule has 0 radical (unpaired) electrons. The molecule has 2 aliphatic heterocycles. The van der Waals surface area contributed by atoms with Gasteiger partial charge >= 0.3 is 10.2 Å². The van der Waals surface area contributed by atoms with Gasteiger partial charge in [0.25, 0.3) is 5.91 Å². The molecule has 1 saturated heterocycles. The summed E-state index contributed by atoms with van der Waals surface area (Å²) in [5.74, 6) is -0.252. The Morgan fingerprint density at radius 1 is 1.20 bits per heavy atom. The number of benzene rings is 1. The van der Waals surface area contributed by atoms with Gasteiger partial charge < -0.3 is 4.90 Å². The van der Waals surface area contributed by atoms with Crippen LogP contribution in [0.4, 0.5) is 0 Å². The summed E-state index contributed by atoms with van der Waals surface area (Å²) in [7, 11) is -2.54.